The number of benzene rings is 1. The van der Waals surface area contributed by atoms with Crippen LogP contribution in [0.25, 0.3) is 0 Å². The number of halogens is 3. The van der Waals surface area contributed by atoms with E-state index in [2.05, 4.69) is 15.9 Å². The highest BCUT2D eigenvalue weighted by molar-refractivity contribution is 9.09. The predicted octanol–water partition coefficient (Wildman–Crippen LogP) is 3.82. The fraction of sp³-hybridized carbons (Fsp3) is 0.500. The Hall–Kier alpha value is -0.120. The van der Waals surface area contributed by atoms with E-state index >= 15 is 0 Å². The van der Waals surface area contributed by atoms with Crippen LogP contribution in [0.5, 0.6) is 0 Å². The molecular weight excluding hydrogens is 294 g/mol. The van der Waals surface area contributed by atoms with Crippen LogP contribution in [0, 0.1) is 11.7 Å². The fourth-order valence-electron chi connectivity index (χ4n) is 1.94. The van der Waals surface area contributed by atoms with Crippen molar-refractivity contribution in [2.75, 3.05) is 13.2 Å². The molecule has 1 saturated heterocycles. The van der Waals surface area contributed by atoms with Crippen molar-refractivity contribution in [2.24, 2.45) is 5.92 Å². The van der Waals surface area contributed by atoms with Crippen LogP contribution in [0.3, 0.4) is 0 Å². The highest BCUT2D eigenvalue weighted by Gasteiger charge is 2.24. The van der Waals surface area contributed by atoms with Gasteiger partial charge in [0.05, 0.1) is 6.61 Å². The topological polar surface area (TPSA) is 9.23 Å². The maximum atomic E-state index is 13.5. The van der Waals surface area contributed by atoms with Crippen molar-refractivity contribution in [1.82, 2.24) is 0 Å². The lowest BCUT2D eigenvalue weighted by atomic mass is 9.94. The summed E-state index contributed by atoms with van der Waals surface area (Å²) in [6.07, 6.45) is 1.65. The molecule has 0 aliphatic carbocycles. The molecule has 1 fully saturated rings. The molecule has 0 saturated carbocycles. The molecule has 0 spiro atoms. The lowest BCUT2D eigenvalue weighted by Crippen LogP contribution is -2.29. The molecule has 88 valence electrons. The van der Waals surface area contributed by atoms with E-state index in [9.17, 15) is 4.39 Å². The van der Waals surface area contributed by atoms with E-state index in [0.717, 1.165) is 13.0 Å². The summed E-state index contributed by atoms with van der Waals surface area (Å²) in [4.78, 5) is 0.402. The molecule has 0 bridgehead atoms. The Bertz CT molecular complexity index is 372. The van der Waals surface area contributed by atoms with Crippen molar-refractivity contribution in [2.45, 2.75) is 17.7 Å². The zero-order valence-corrected chi connectivity index (χ0v) is 11.1. The smallest absolute Gasteiger partial charge is 0.126 e. The molecule has 2 unspecified atom stereocenters. The number of hydrogen-bond donors (Lipinski definition) is 0. The summed E-state index contributed by atoms with van der Waals surface area (Å²) in [7, 11) is 0. The van der Waals surface area contributed by atoms with Crippen LogP contribution in [0.15, 0.2) is 18.2 Å². The summed E-state index contributed by atoms with van der Waals surface area (Å²) < 4.78 is 18.9. The molecule has 1 aromatic carbocycles. The second-order valence-corrected chi connectivity index (χ2v) is 5.69. The van der Waals surface area contributed by atoms with Crippen molar-refractivity contribution >= 4 is 27.5 Å². The third kappa shape index (κ3) is 2.96. The molecule has 2 rings (SSSR count). The largest absolute Gasteiger partial charge is 0.381 e. The first-order valence-corrected chi connectivity index (χ1v) is 6.62. The predicted molar refractivity (Wildman–Crippen MR) is 66.8 cm³/mol. The Morgan fingerprint density at radius 2 is 2.31 bits per heavy atom. The minimum Gasteiger partial charge on any atom is -0.381 e. The molecule has 1 heterocycles. The molecule has 0 N–H and O–H groups in total. The molecule has 1 aliphatic rings. The van der Waals surface area contributed by atoms with Gasteiger partial charge in [-0.2, -0.15) is 0 Å². The summed E-state index contributed by atoms with van der Waals surface area (Å²) in [6, 6.07) is 4.69. The minimum atomic E-state index is -0.185. The summed E-state index contributed by atoms with van der Waals surface area (Å²) in [5.74, 6) is 0.136. The maximum absolute atomic E-state index is 13.5. The normalized spacial score (nSPS) is 25.7. The molecule has 2 atom stereocenters. The first-order chi connectivity index (χ1) is 7.66. The zero-order valence-electron chi connectivity index (χ0n) is 8.76. The summed E-state index contributed by atoms with van der Waals surface area (Å²) >= 11 is 9.48. The van der Waals surface area contributed by atoms with Crippen molar-refractivity contribution in [3.05, 3.63) is 34.6 Å². The molecule has 0 radical (unpaired) electrons. The lowest BCUT2D eigenvalue weighted by molar-refractivity contribution is 0.0603. The second-order valence-electron chi connectivity index (χ2n) is 4.08. The molecular formula is C12H13BrClFO. The van der Waals surface area contributed by atoms with Crippen LogP contribution in [0.1, 0.15) is 12.0 Å². The molecule has 1 nitrogen and oxygen atoms in total. The molecule has 1 aliphatic heterocycles. The van der Waals surface area contributed by atoms with E-state index in [0.29, 0.717) is 34.4 Å². The molecule has 16 heavy (non-hydrogen) atoms. The highest BCUT2D eigenvalue weighted by Crippen LogP contribution is 2.27. The van der Waals surface area contributed by atoms with Gasteiger partial charge in [0, 0.05) is 16.5 Å². The summed E-state index contributed by atoms with van der Waals surface area (Å²) in [5, 5.41) is 0.583. The molecule has 1 aromatic rings. The lowest BCUT2D eigenvalue weighted by Gasteiger charge is -2.27. The van der Waals surface area contributed by atoms with Gasteiger partial charge in [0.1, 0.15) is 5.82 Å². The highest BCUT2D eigenvalue weighted by atomic mass is 79.9. The van der Waals surface area contributed by atoms with Gasteiger partial charge in [-0.3, -0.25) is 0 Å². The van der Waals surface area contributed by atoms with Crippen molar-refractivity contribution in [1.29, 1.82) is 0 Å². The standard InChI is InChI=1S/C12H13BrClFO/c13-11-3-4-16-7-9(11)5-8-6-10(14)1-2-12(8)15/h1-2,6,9,11H,3-5,7H2. The van der Waals surface area contributed by atoms with Crippen LogP contribution in [-0.4, -0.2) is 18.0 Å². The van der Waals surface area contributed by atoms with Crippen LogP contribution in [-0.2, 0) is 11.2 Å². The van der Waals surface area contributed by atoms with Gasteiger partial charge in [0.15, 0.2) is 0 Å². The Labute approximate surface area is 108 Å². The Balaban J connectivity index is 2.10. The van der Waals surface area contributed by atoms with Crippen LogP contribution < -0.4 is 0 Å². The minimum absolute atomic E-state index is 0.185. The van der Waals surface area contributed by atoms with E-state index < -0.39 is 0 Å². The van der Waals surface area contributed by atoms with Gasteiger partial charge in [-0.25, -0.2) is 4.39 Å². The average molecular weight is 308 g/mol. The van der Waals surface area contributed by atoms with E-state index in [1.54, 1.807) is 12.1 Å². The third-order valence-electron chi connectivity index (χ3n) is 2.87. The van der Waals surface area contributed by atoms with Gasteiger partial charge in [-0.05, 0) is 42.5 Å². The van der Waals surface area contributed by atoms with E-state index in [1.165, 1.54) is 6.07 Å². The van der Waals surface area contributed by atoms with Gasteiger partial charge in [-0.15, -0.1) is 0 Å². The summed E-state index contributed by atoms with van der Waals surface area (Å²) in [5.41, 5.74) is 0.674. The quantitative estimate of drug-likeness (QED) is 0.755. The Morgan fingerprint density at radius 1 is 1.50 bits per heavy atom. The van der Waals surface area contributed by atoms with E-state index in [4.69, 9.17) is 16.3 Å². The van der Waals surface area contributed by atoms with Crippen LogP contribution >= 0.6 is 27.5 Å². The van der Waals surface area contributed by atoms with E-state index in [-0.39, 0.29) is 5.82 Å². The first-order valence-electron chi connectivity index (χ1n) is 5.32. The summed E-state index contributed by atoms with van der Waals surface area (Å²) in [6.45, 7) is 1.46. The third-order valence-corrected chi connectivity index (χ3v) is 4.31. The number of alkyl halides is 1. The molecule has 0 aromatic heterocycles. The van der Waals surface area contributed by atoms with Gasteiger partial charge >= 0.3 is 0 Å². The van der Waals surface area contributed by atoms with Crippen LogP contribution in [0.2, 0.25) is 5.02 Å². The second kappa shape index (κ2) is 5.48. The Morgan fingerprint density at radius 3 is 3.06 bits per heavy atom. The van der Waals surface area contributed by atoms with Gasteiger partial charge in [0.25, 0.3) is 0 Å². The number of ether oxygens (including phenoxy) is 1. The van der Waals surface area contributed by atoms with Crippen molar-refractivity contribution in [3.8, 4) is 0 Å². The van der Waals surface area contributed by atoms with Crippen LogP contribution in [0.4, 0.5) is 4.39 Å². The fourth-order valence-corrected chi connectivity index (χ4v) is 2.66. The first kappa shape index (κ1) is 12.3. The van der Waals surface area contributed by atoms with Crippen molar-refractivity contribution < 1.29 is 9.13 Å². The van der Waals surface area contributed by atoms with Gasteiger partial charge in [-0.1, -0.05) is 27.5 Å². The van der Waals surface area contributed by atoms with Crippen molar-refractivity contribution in [3.63, 3.8) is 0 Å². The number of hydrogen-bond acceptors (Lipinski definition) is 1. The van der Waals surface area contributed by atoms with Gasteiger partial charge < -0.3 is 4.74 Å². The van der Waals surface area contributed by atoms with E-state index in [1.807, 2.05) is 0 Å². The monoisotopic (exact) mass is 306 g/mol. The van der Waals surface area contributed by atoms with Gasteiger partial charge in [0.2, 0.25) is 0 Å². The number of rotatable bonds is 2. The SMILES string of the molecule is Fc1ccc(Cl)cc1CC1COCCC1Br. The molecule has 0 amide bonds. The average Bonchev–Trinajstić information content (AvgIpc) is 2.27. The maximum Gasteiger partial charge on any atom is 0.126 e. The Kier molecular flexibility index (Phi) is 4.22. The molecule has 4 heteroatoms. The zero-order chi connectivity index (χ0) is 11.5.